The zero-order chi connectivity index (χ0) is 8.81. The molecule has 0 spiro atoms. The van der Waals surface area contributed by atoms with Gasteiger partial charge in [0, 0.05) is 18.9 Å². The summed E-state index contributed by atoms with van der Waals surface area (Å²) in [6.07, 6.45) is 3.41. The van der Waals surface area contributed by atoms with E-state index < -0.39 is 0 Å². The summed E-state index contributed by atoms with van der Waals surface area (Å²) in [4.78, 5) is 3.87. The highest BCUT2D eigenvalue weighted by Gasteiger charge is 1.92. The molecule has 0 aliphatic rings. The SMILES string of the molecule is N=C(NN)NCc1ccncc1. The first-order chi connectivity index (χ1) is 5.83. The Balaban J connectivity index is 2.38. The topological polar surface area (TPSA) is 86.8 Å². The van der Waals surface area contributed by atoms with Gasteiger partial charge in [0.15, 0.2) is 0 Å². The summed E-state index contributed by atoms with van der Waals surface area (Å²) in [5, 5.41) is 9.89. The molecule has 1 heterocycles. The summed E-state index contributed by atoms with van der Waals surface area (Å²) in [6.45, 7) is 0.575. The van der Waals surface area contributed by atoms with Gasteiger partial charge in [0.05, 0.1) is 0 Å². The van der Waals surface area contributed by atoms with Crippen LogP contribution in [-0.4, -0.2) is 10.9 Å². The van der Waals surface area contributed by atoms with Crippen molar-refractivity contribution in [2.24, 2.45) is 5.84 Å². The molecule has 0 aromatic carbocycles. The van der Waals surface area contributed by atoms with Crippen molar-refractivity contribution in [3.05, 3.63) is 30.1 Å². The predicted octanol–water partition coefficient (Wildman–Crippen LogP) is -0.431. The van der Waals surface area contributed by atoms with Crippen LogP contribution in [0.1, 0.15) is 5.56 Å². The van der Waals surface area contributed by atoms with E-state index in [4.69, 9.17) is 11.3 Å². The zero-order valence-corrected chi connectivity index (χ0v) is 6.54. The molecule has 0 aliphatic carbocycles. The maximum absolute atomic E-state index is 7.12. The summed E-state index contributed by atoms with van der Waals surface area (Å²) < 4.78 is 0. The number of hydrogen-bond acceptors (Lipinski definition) is 3. The molecule has 1 aromatic heterocycles. The molecule has 0 radical (unpaired) electrons. The maximum Gasteiger partial charge on any atom is 0.203 e. The summed E-state index contributed by atoms with van der Waals surface area (Å²) in [7, 11) is 0. The Morgan fingerprint density at radius 3 is 2.75 bits per heavy atom. The third-order valence-corrected chi connectivity index (χ3v) is 1.36. The molecule has 0 unspecified atom stereocenters. The minimum atomic E-state index is 0.104. The number of guanidine groups is 1. The number of hydrogen-bond donors (Lipinski definition) is 4. The number of pyridine rings is 1. The van der Waals surface area contributed by atoms with E-state index in [9.17, 15) is 0 Å². The van der Waals surface area contributed by atoms with E-state index in [0.717, 1.165) is 5.56 Å². The first kappa shape index (κ1) is 8.48. The lowest BCUT2D eigenvalue weighted by Crippen LogP contribution is -2.40. The molecule has 0 bridgehead atoms. The monoisotopic (exact) mass is 165 g/mol. The zero-order valence-electron chi connectivity index (χ0n) is 6.54. The fraction of sp³-hybridized carbons (Fsp3) is 0.143. The van der Waals surface area contributed by atoms with Gasteiger partial charge in [0.2, 0.25) is 5.96 Å². The van der Waals surface area contributed by atoms with Crippen LogP contribution in [0.3, 0.4) is 0 Å². The second kappa shape index (κ2) is 4.30. The van der Waals surface area contributed by atoms with Gasteiger partial charge in [-0.05, 0) is 17.7 Å². The molecule has 12 heavy (non-hydrogen) atoms. The van der Waals surface area contributed by atoms with Gasteiger partial charge < -0.3 is 5.32 Å². The van der Waals surface area contributed by atoms with Crippen molar-refractivity contribution >= 4 is 5.96 Å². The van der Waals surface area contributed by atoms with Crippen molar-refractivity contribution in [1.82, 2.24) is 15.7 Å². The Morgan fingerprint density at radius 1 is 1.50 bits per heavy atom. The third-order valence-electron chi connectivity index (χ3n) is 1.36. The smallest absolute Gasteiger partial charge is 0.203 e. The van der Waals surface area contributed by atoms with Crippen molar-refractivity contribution < 1.29 is 0 Å². The minimum absolute atomic E-state index is 0.104. The van der Waals surface area contributed by atoms with E-state index in [1.54, 1.807) is 12.4 Å². The van der Waals surface area contributed by atoms with Gasteiger partial charge >= 0.3 is 0 Å². The van der Waals surface area contributed by atoms with E-state index in [1.165, 1.54) is 0 Å². The summed E-state index contributed by atoms with van der Waals surface area (Å²) in [6, 6.07) is 3.74. The van der Waals surface area contributed by atoms with E-state index in [2.05, 4.69) is 15.7 Å². The van der Waals surface area contributed by atoms with Gasteiger partial charge in [0.25, 0.3) is 0 Å². The lowest BCUT2D eigenvalue weighted by molar-refractivity contribution is 0.833. The largest absolute Gasteiger partial charge is 0.351 e. The van der Waals surface area contributed by atoms with Crippen LogP contribution < -0.4 is 16.6 Å². The van der Waals surface area contributed by atoms with Crippen LogP contribution in [0.2, 0.25) is 0 Å². The lowest BCUT2D eigenvalue weighted by Gasteiger charge is -2.05. The van der Waals surface area contributed by atoms with E-state index in [0.29, 0.717) is 6.54 Å². The Kier molecular flexibility index (Phi) is 3.04. The molecule has 1 rings (SSSR count). The molecule has 64 valence electrons. The van der Waals surface area contributed by atoms with Gasteiger partial charge in [-0.3, -0.25) is 15.8 Å². The number of rotatable bonds is 2. The van der Waals surface area contributed by atoms with Crippen molar-refractivity contribution in [2.75, 3.05) is 0 Å². The highest BCUT2D eigenvalue weighted by molar-refractivity contribution is 5.75. The van der Waals surface area contributed by atoms with Gasteiger partial charge in [-0.2, -0.15) is 0 Å². The standard InChI is InChI=1S/C7H11N5/c8-7(12-9)11-5-6-1-3-10-4-2-6/h1-4H,5,9H2,(H3,8,11,12). The molecule has 0 saturated carbocycles. The second-order valence-electron chi connectivity index (χ2n) is 2.23. The normalized spacial score (nSPS) is 9.08. The molecule has 5 nitrogen and oxygen atoms in total. The number of nitrogens with zero attached hydrogens (tertiary/aromatic N) is 1. The van der Waals surface area contributed by atoms with E-state index >= 15 is 0 Å². The quantitative estimate of drug-likeness (QED) is 0.207. The summed E-state index contributed by atoms with van der Waals surface area (Å²) in [5.41, 5.74) is 3.25. The molecule has 0 saturated heterocycles. The van der Waals surface area contributed by atoms with Crippen LogP contribution >= 0.6 is 0 Å². The first-order valence-corrected chi connectivity index (χ1v) is 3.51. The Hall–Kier alpha value is -1.62. The van der Waals surface area contributed by atoms with Crippen LogP contribution in [-0.2, 0) is 6.54 Å². The van der Waals surface area contributed by atoms with E-state index in [1.807, 2.05) is 12.1 Å². The molecule has 5 N–H and O–H groups in total. The molecule has 0 fully saturated rings. The fourth-order valence-electron chi connectivity index (χ4n) is 0.742. The van der Waals surface area contributed by atoms with Crippen LogP contribution in [0.25, 0.3) is 0 Å². The molecular formula is C7H11N5. The summed E-state index contributed by atoms with van der Waals surface area (Å²) >= 11 is 0. The van der Waals surface area contributed by atoms with Crippen LogP contribution in [0.4, 0.5) is 0 Å². The van der Waals surface area contributed by atoms with Gasteiger partial charge in [0.1, 0.15) is 0 Å². The Morgan fingerprint density at radius 2 is 2.17 bits per heavy atom. The van der Waals surface area contributed by atoms with Crippen molar-refractivity contribution in [3.8, 4) is 0 Å². The average Bonchev–Trinajstić information content (AvgIpc) is 2.16. The van der Waals surface area contributed by atoms with Gasteiger partial charge in [-0.1, -0.05) is 0 Å². The molecule has 0 aliphatic heterocycles. The third kappa shape index (κ3) is 2.55. The molecule has 0 atom stereocenters. The minimum Gasteiger partial charge on any atom is -0.351 e. The van der Waals surface area contributed by atoms with Crippen molar-refractivity contribution in [1.29, 1.82) is 5.41 Å². The molecule has 5 heteroatoms. The van der Waals surface area contributed by atoms with Crippen LogP contribution in [0.5, 0.6) is 0 Å². The number of hydrazine groups is 1. The van der Waals surface area contributed by atoms with Gasteiger partial charge in [-0.25, -0.2) is 5.84 Å². The first-order valence-electron chi connectivity index (χ1n) is 3.51. The number of aromatic nitrogens is 1. The van der Waals surface area contributed by atoms with Crippen molar-refractivity contribution in [3.63, 3.8) is 0 Å². The molecule has 0 amide bonds. The Bertz CT molecular complexity index is 245. The number of nitrogens with two attached hydrogens (primary N) is 1. The van der Waals surface area contributed by atoms with E-state index in [-0.39, 0.29) is 5.96 Å². The van der Waals surface area contributed by atoms with Crippen molar-refractivity contribution in [2.45, 2.75) is 6.54 Å². The lowest BCUT2D eigenvalue weighted by atomic mass is 10.3. The summed E-state index contributed by atoms with van der Waals surface area (Å²) in [5.74, 6) is 5.09. The van der Waals surface area contributed by atoms with Gasteiger partial charge in [-0.15, -0.1) is 0 Å². The number of nitrogens with one attached hydrogen (secondary N) is 3. The predicted molar refractivity (Wildman–Crippen MR) is 46.1 cm³/mol. The molecular weight excluding hydrogens is 154 g/mol. The molecule has 1 aromatic rings. The second-order valence-corrected chi connectivity index (χ2v) is 2.23. The maximum atomic E-state index is 7.12. The fourth-order valence-corrected chi connectivity index (χ4v) is 0.742. The highest BCUT2D eigenvalue weighted by Crippen LogP contribution is 1.93. The Labute approximate surface area is 70.5 Å². The average molecular weight is 165 g/mol. The van der Waals surface area contributed by atoms with Crippen LogP contribution in [0.15, 0.2) is 24.5 Å². The van der Waals surface area contributed by atoms with Crippen LogP contribution in [0, 0.1) is 5.41 Å². The highest BCUT2D eigenvalue weighted by atomic mass is 15.3.